The summed E-state index contributed by atoms with van der Waals surface area (Å²) >= 11 is 0. The van der Waals surface area contributed by atoms with Crippen molar-refractivity contribution in [1.82, 2.24) is 5.32 Å². The zero-order chi connectivity index (χ0) is 13.7. The number of aliphatic hydroxyl groups is 1. The molecule has 1 atom stereocenters. The molecular formula is C15H17NO3. The predicted octanol–water partition coefficient (Wildman–Crippen LogP) is 2.44. The van der Waals surface area contributed by atoms with Gasteiger partial charge in [-0.2, -0.15) is 0 Å². The van der Waals surface area contributed by atoms with Gasteiger partial charge >= 0.3 is 0 Å². The van der Waals surface area contributed by atoms with Crippen LogP contribution in [0.15, 0.2) is 47.3 Å². The standard InChI is InChI=1S/C15H17NO3/c1-11-3-2-4-12(9-11)15(18)16-7-5-14(17)13-6-8-19-10-13/h2-4,6,8-10,14,17H,5,7H2,1H3,(H,16,18). The zero-order valence-corrected chi connectivity index (χ0v) is 10.8. The molecule has 0 aliphatic rings. The van der Waals surface area contributed by atoms with E-state index in [0.29, 0.717) is 18.5 Å². The van der Waals surface area contributed by atoms with Crippen LogP contribution < -0.4 is 5.32 Å². The van der Waals surface area contributed by atoms with Gasteiger partial charge in [-0.15, -0.1) is 0 Å². The number of hydrogen-bond donors (Lipinski definition) is 2. The van der Waals surface area contributed by atoms with E-state index in [1.165, 1.54) is 12.5 Å². The normalized spacial score (nSPS) is 12.1. The second-order valence-electron chi connectivity index (χ2n) is 4.49. The van der Waals surface area contributed by atoms with Crippen LogP contribution in [-0.4, -0.2) is 17.6 Å². The van der Waals surface area contributed by atoms with E-state index in [4.69, 9.17) is 4.42 Å². The summed E-state index contributed by atoms with van der Waals surface area (Å²) in [7, 11) is 0. The molecule has 2 rings (SSSR count). The molecule has 4 heteroatoms. The van der Waals surface area contributed by atoms with Crippen LogP contribution >= 0.6 is 0 Å². The minimum absolute atomic E-state index is 0.122. The van der Waals surface area contributed by atoms with Crippen LogP contribution in [0.2, 0.25) is 0 Å². The number of hydrogen-bond acceptors (Lipinski definition) is 3. The van der Waals surface area contributed by atoms with Crippen LogP contribution in [0.3, 0.4) is 0 Å². The van der Waals surface area contributed by atoms with Crippen LogP contribution in [-0.2, 0) is 0 Å². The molecule has 0 radical (unpaired) electrons. The van der Waals surface area contributed by atoms with Crippen molar-refractivity contribution in [3.63, 3.8) is 0 Å². The fraction of sp³-hybridized carbons (Fsp3) is 0.267. The van der Waals surface area contributed by atoms with E-state index in [1.807, 2.05) is 25.1 Å². The van der Waals surface area contributed by atoms with Gasteiger partial charge in [0.05, 0.1) is 18.6 Å². The van der Waals surface area contributed by atoms with Gasteiger partial charge in [0, 0.05) is 17.7 Å². The third kappa shape index (κ3) is 3.69. The van der Waals surface area contributed by atoms with Crippen molar-refractivity contribution in [1.29, 1.82) is 0 Å². The van der Waals surface area contributed by atoms with E-state index >= 15 is 0 Å². The lowest BCUT2D eigenvalue weighted by Crippen LogP contribution is -2.25. The first-order valence-electron chi connectivity index (χ1n) is 6.22. The summed E-state index contributed by atoms with van der Waals surface area (Å²) in [4.78, 5) is 11.9. The summed E-state index contributed by atoms with van der Waals surface area (Å²) < 4.78 is 4.90. The second-order valence-corrected chi connectivity index (χ2v) is 4.49. The average molecular weight is 259 g/mol. The maximum absolute atomic E-state index is 11.9. The Balaban J connectivity index is 1.81. The van der Waals surface area contributed by atoms with Gasteiger partial charge in [0.2, 0.25) is 0 Å². The van der Waals surface area contributed by atoms with E-state index in [2.05, 4.69) is 5.32 Å². The molecule has 0 fully saturated rings. The third-order valence-electron chi connectivity index (χ3n) is 2.91. The number of benzene rings is 1. The van der Waals surface area contributed by atoms with E-state index < -0.39 is 6.10 Å². The number of furan rings is 1. The van der Waals surface area contributed by atoms with Gasteiger partial charge in [0.1, 0.15) is 0 Å². The van der Waals surface area contributed by atoms with Gasteiger partial charge in [-0.05, 0) is 31.5 Å². The Morgan fingerprint density at radius 3 is 2.95 bits per heavy atom. The Labute approximate surface area is 112 Å². The molecule has 0 saturated carbocycles. The van der Waals surface area contributed by atoms with Crippen LogP contribution in [0, 0.1) is 6.92 Å². The summed E-state index contributed by atoms with van der Waals surface area (Å²) in [5.74, 6) is -0.122. The molecule has 1 aromatic heterocycles. The largest absolute Gasteiger partial charge is 0.472 e. The summed E-state index contributed by atoms with van der Waals surface area (Å²) in [6.45, 7) is 2.36. The number of aliphatic hydroxyl groups excluding tert-OH is 1. The number of rotatable bonds is 5. The minimum atomic E-state index is -0.614. The van der Waals surface area contributed by atoms with Crippen molar-refractivity contribution in [2.45, 2.75) is 19.4 Å². The van der Waals surface area contributed by atoms with Crippen molar-refractivity contribution < 1.29 is 14.3 Å². The summed E-state index contributed by atoms with van der Waals surface area (Å²) in [5.41, 5.74) is 2.41. The van der Waals surface area contributed by atoms with Crippen molar-refractivity contribution >= 4 is 5.91 Å². The molecule has 2 aromatic rings. The van der Waals surface area contributed by atoms with Gasteiger partial charge in [0.15, 0.2) is 0 Å². The van der Waals surface area contributed by atoms with E-state index in [-0.39, 0.29) is 5.91 Å². The van der Waals surface area contributed by atoms with Crippen LogP contribution in [0.25, 0.3) is 0 Å². The first-order chi connectivity index (χ1) is 9.16. The molecular weight excluding hydrogens is 242 g/mol. The fourth-order valence-corrected chi connectivity index (χ4v) is 1.84. The number of nitrogens with one attached hydrogen (secondary N) is 1. The summed E-state index contributed by atoms with van der Waals surface area (Å²) in [5, 5.41) is 12.6. The highest BCUT2D eigenvalue weighted by atomic mass is 16.3. The quantitative estimate of drug-likeness (QED) is 0.867. The lowest BCUT2D eigenvalue weighted by atomic mass is 10.1. The van der Waals surface area contributed by atoms with Crippen LogP contribution in [0.1, 0.15) is 34.0 Å². The molecule has 4 nitrogen and oxygen atoms in total. The van der Waals surface area contributed by atoms with Gasteiger partial charge in [-0.25, -0.2) is 0 Å². The molecule has 0 spiro atoms. The van der Waals surface area contributed by atoms with Crippen molar-refractivity contribution in [3.8, 4) is 0 Å². The second kappa shape index (κ2) is 6.20. The Morgan fingerprint density at radius 1 is 1.42 bits per heavy atom. The Hall–Kier alpha value is -2.07. The van der Waals surface area contributed by atoms with Crippen molar-refractivity contribution in [3.05, 3.63) is 59.5 Å². The third-order valence-corrected chi connectivity index (χ3v) is 2.91. The van der Waals surface area contributed by atoms with Gasteiger partial charge < -0.3 is 14.8 Å². The SMILES string of the molecule is Cc1cccc(C(=O)NCCC(O)c2ccoc2)c1. The maximum atomic E-state index is 11.9. The number of amides is 1. The highest BCUT2D eigenvalue weighted by Crippen LogP contribution is 2.15. The Morgan fingerprint density at radius 2 is 2.26 bits per heavy atom. The lowest BCUT2D eigenvalue weighted by molar-refractivity contribution is 0.0942. The molecule has 0 aliphatic heterocycles. The Kier molecular flexibility index (Phi) is 4.36. The first-order valence-corrected chi connectivity index (χ1v) is 6.22. The van der Waals surface area contributed by atoms with E-state index in [9.17, 15) is 9.90 Å². The lowest BCUT2D eigenvalue weighted by Gasteiger charge is -2.09. The van der Waals surface area contributed by atoms with Gasteiger partial charge in [-0.3, -0.25) is 4.79 Å². The highest BCUT2D eigenvalue weighted by molar-refractivity contribution is 5.94. The van der Waals surface area contributed by atoms with Crippen LogP contribution in [0.4, 0.5) is 0 Å². The van der Waals surface area contributed by atoms with Crippen molar-refractivity contribution in [2.24, 2.45) is 0 Å². The topological polar surface area (TPSA) is 62.5 Å². The predicted molar refractivity (Wildman–Crippen MR) is 71.8 cm³/mol. The Bertz CT molecular complexity index is 534. The molecule has 2 N–H and O–H groups in total. The minimum Gasteiger partial charge on any atom is -0.472 e. The smallest absolute Gasteiger partial charge is 0.251 e. The first kappa shape index (κ1) is 13.4. The number of aryl methyl sites for hydroxylation is 1. The number of carbonyl (C=O) groups is 1. The molecule has 1 amide bonds. The molecule has 0 bridgehead atoms. The molecule has 100 valence electrons. The van der Waals surface area contributed by atoms with Crippen LogP contribution in [0.5, 0.6) is 0 Å². The highest BCUT2D eigenvalue weighted by Gasteiger charge is 2.10. The molecule has 1 aromatic carbocycles. The zero-order valence-electron chi connectivity index (χ0n) is 10.8. The number of carbonyl (C=O) groups excluding carboxylic acids is 1. The molecule has 1 unspecified atom stereocenters. The molecule has 0 saturated heterocycles. The van der Waals surface area contributed by atoms with Crippen molar-refractivity contribution in [2.75, 3.05) is 6.54 Å². The van der Waals surface area contributed by atoms with Gasteiger partial charge in [0.25, 0.3) is 5.91 Å². The fourth-order valence-electron chi connectivity index (χ4n) is 1.84. The average Bonchev–Trinajstić information content (AvgIpc) is 2.92. The molecule has 0 aliphatic carbocycles. The van der Waals surface area contributed by atoms with Gasteiger partial charge in [-0.1, -0.05) is 17.7 Å². The van der Waals surface area contributed by atoms with E-state index in [0.717, 1.165) is 11.1 Å². The molecule has 19 heavy (non-hydrogen) atoms. The van der Waals surface area contributed by atoms with E-state index in [1.54, 1.807) is 12.1 Å². The summed E-state index contributed by atoms with van der Waals surface area (Å²) in [6, 6.07) is 9.12. The monoisotopic (exact) mass is 259 g/mol. The summed E-state index contributed by atoms with van der Waals surface area (Å²) in [6.07, 6.45) is 2.87. The molecule has 1 heterocycles. The maximum Gasteiger partial charge on any atom is 0.251 e.